The van der Waals surface area contributed by atoms with Gasteiger partial charge in [0.05, 0.1) is 24.3 Å². The third-order valence-electron chi connectivity index (χ3n) is 7.51. The van der Waals surface area contributed by atoms with Crippen LogP contribution in [0.1, 0.15) is 66.0 Å². The number of halogens is 4. The molecule has 0 unspecified atom stereocenters. The fraction of sp³-hybridized carbons (Fsp3) is 0.452. The van der Waals surface area contributed by atoms with Crippen LogP contribution in [0.25, 0.3) is 0 Å². The van der Waals surface area contributed by atoms with Crippen LogP contribution in [0.5, 0.6) is 0 Å². The fourth-order valence-corrected chi connectivity index (χ4v) is 5.43. The first-order valence-corrected chi connectivity index (χ1v) is 13.9. The van der Waals surface area contributed by atoms with Gasteiger partial charge in [0, 0.05) is 57.6 Å². The molecule has 0 saturated heterocycles. The molecule has 0 spiro atoms. The predicted molar refractivity (Wildman–Crippen MR) is 159 cm³/mol. The molecule has 1 heterocycles. The number of aryl methyl sites for hydroxylation is 3. The molecule has 42 heavy (non-hydrogen) atoms. The first-order valence-electron chi connectivity index (χ1n) is 13.9. The predicted octanol–water partition coefficient (Wildman–Crippen LogP) is 6.60. The zero-order valence-electron chi connectivity index (χ0n) is 24.2. The summed E-state index contributed by atoms with van der Waals surface area (Å²) in [4.78, 5) is 15.8. The van der Waals surface area contributed by atoms with E-state index in [1.165, 1.54) is 24.3 Å². The summed E-state index contributed by atoms with van der Waals surface area (Å²) in [5.41, 5.74) is 4.32. The Morgan fingerprint density at radius 1 is 1.10 bits per heavy atom. The average Bonchev–Trinajstić information content (AvgIpc) is 3.60. The minimum atomic E-state index is -4.56. The van der Waals surface area contributed by atoms with Crippen LogP contribution in [0.2, 0.25) is 0 Å². The van der Waals surface area contributed by atoms with E-state index in [0.717, 1.165) is 68.6 Å². The Morgan fingerprint density at radius 2 is 1.83 bits per heavy atom. The molecule has 11 heteroatoms. The number of methoxy groups -OCH3 is 1. The van der Waals surface area contributed by atoms with Crippen LogP contribution >= 0.6 is 12.4 Å². The Labute approximate surface area is 251 Å². The SMILES string of the molecule is CCN(CCCCC(=O)OC)c1cc2c(cc1CN(Cc1cc(C#N)cc(C(F)(F)F)c1)c1ccn(C)n1)CCC2.Cl. The number of carbonyl (C=O) groups is 1. The number of aromatic nitrogens is 2. The van der Waals surface area contributed by atoms with Gasteiger partial charge in [0.15, 0.2) is 5.82 Å². The molecule has 7 nitrogen and oxygen atoms in total. The number of ether oxygens (including phenoxy) is 1. The number of fused-ring (bicyclic) bond motifs is 1. The highest BCUT2D eigenvalue weighted by atomic mass is 35.5. The van der Waals surface area contributed by atoms with Gasteiger partial charge in [-0.3, -0.25) is 9.48 Å². The van der Waals surface area contributed by atoms with Crippen molar-refractivity contribution in [2.45, 2.75) is 64.7 Å². The van der Waals surface area contributed by atoms with Crippen molar-refractivity contribution >= 4 is 29.9 Å². The van der Waals surface area contributed by atoms with Crippen LogP contribution in [0.15, 0.2) is 42.6 Å². The van der Waals surface area contributed by atoms with E-state index < -0.39 is 11.7 Å². The summed E-state index contributed by atoms with van der Waals surface area (Å²) in [6.45, 7) is 4.21. The van der Waals surface area contributed by atoms with E-state index in [-0.39, 0.29) is 30.5 Å². The summed E-state index contributed by atoms with van der Waals surface area (Å²) < 4.78 is 47.3. The normalized spacial score (nSPS) is 12.3. The van der Waals surface area contributed by atoms with Gasteiger partial charge in [-0.1, -0.05) is 6.07 Å². The lowest BCUT2D eigenvalue weighted by Crippen LogP contribution is -2.28. The molecule has 3 aromatic rings. The Balaban J connectivity index is 0.00000484. The van der Waals surface area contributed by atoms with Gasteiger partial charge in [0.25, 0.3) is 0 Å². The summed E-state index contributed by atoms with van der Waals surface area (Å²) in [6.07, 6.45) is 2.28. The van der Waals surface area contributed by atoms with Gasteiger partial charge in [-0.15, -0.1) is 12.4 Å². The van der Waals surface area contributed by atoms with Crippen LogP contribution in [0, 0.1) is 11.3 Å². The lowest BCUT2D eigenvalue weighted by Gasteiger charge is -2.30. The maximum absolute atomic E-state index is 13.6. The Kier molecular flexibility index (Phi) is 11.3. The lowest BCUT2D eigenvalue weighted by atomic mass is 10.0. The number of hydrogen-bond acceptors (Lipinski definition) is 6. The number of nitrogens with zero attached hydrogens (tertiary/aromatic N) is 5. The lowest BCUT2D eigenvalue weighted by molar-refractivity contribution is -0.140. The van der Waals surface area contributed by atoms with E-state index in [1.54, 1.807) is 17.9 Å². The first-order chi connectivity index (χ1) is 19.6. The van der Waals surface area contributed by atoms with Crippen molar-refractivity contribution in [1.29, 1.82) is 5.26 Å². The second kappa shape index (κ2) is 14.5. The van der Waals surface area contributed by atoms with E-state index in [9.17, 15) is 23.2 Å². The minimum absolute atomic E-state index is 0. The number of rotatable bonds is 12. The third kappa shape index (κ3) is 8.19. The van der Waals surface area contributed by atoms with E-state index in [0.29, 0.717) is 24.3 Å². The molecular weight excluding hydrogens is 567 g/mol. The summed E-state index contributed by atoms with van der Waals surface area (Å²) in [6, 6.07) is 11.7. The maximum Gasteiger partial charge on any atom is 0.416 e. The van der Waals surface area contributed by atoms with Crippen molar-refractivity contribution in [1.82, 2.24) is 9.78 Å². The van der Waals surface area contributed by atoms with Crippen molar-refractivity contribution in [2.24, 2.45) is 7.05 Å². The topological polar surface area (TPSA) is 74.4 Å². The second-order valence-corrected chi connectivity index (χ2v) is 10.4. The number of hydrogen-bond donors (Lipinski definition) is 0. The maximum atomic E-state index is 13.6. The monoisotopic (exact) mass is 603 g/mol. The van der Waals surface area contributed by atoms with E-state index >= 15 is 0 Å². The fourth-order valence-electron chi connectivity index (χ4n) is 5.43. The molecule has 0 bridgehead atoms. The number of nitriles is 1. The Morgan fingerprint density at radius 3 is 2.45 bits per heavy atom. The number of carbonyl (C=O) groups excluding carboxylic acids is 1. The van der Waals surface area contributed by atoms with Crippen LogP contribution in [0.4, 0.5) is 24.7 Å². The number of anilines is 2. The van der Waals surface area contributed by atoms with Crippen molar-refractivity contribution in [3.05, 3.63) is 76.0 Å². The van der Waals surface area contributed by atoms with Crippen molar-refractivity contribution in [2.75, 3.05) is 30.0 Å². The number of benzene rings is 2. The van der Waals surface area contributed by atoms with Gasteiger partial charge in [0.1, 0.15) is 0 Å². The summed E-state index contributed by atoms with van der Waals surface area (Å²) >= 11 is 0. The molecule has 0 N–H and O–H groups in total. The van der Waals surface area contributed by atoms with Crippen molar-refractivity contribution < 1.29 is 22.7 Å². The summed E-state index contributed by atoms with van der Waals surface area (Å²) in [5.74, 6) is 0.419. The second-order valence-electron chi connectivity index (χ2n) is 10.4. The summed E-state index contributed by atoms with van der Waals surface area (Å²) in [5, 5.41) is 14.0. The van der Waals surface area contributed by atoms with E-state index in [4.69, 9.17) is 4.74 Å². The van der Waals surface area contributed by atoms with E-state index in [2.05, 4.69) is 29.1 Å². The van der Waals surface area contributed by atoms with Gasteiger partial charge in [-0.25, -0.2) is 0 Å². The number of esters is 1. The zero-order valence-corrected chi connectivity index (χ0v) is 25.0. The average molecular weight is 604 g/mol. The molecule has 0 atom stereocenters. The Bertz CT molecular complexity index is 1420. The molecule has 2 aromatic carbocycles. The highest BCUT2D eigenvalue weighted by Gasteiger charge is 2.31. The molecule has 1 aliphatic rings. The highest BCUT2D eigenvalue weighted by Crippen LogP contribution is 2.34. The number of unbranched alkanes of at least 4 members (excludes halogenated alkanes) is 1. The van der Waals surface area contributed by atoms with Gasteiger partial charge in [-0.05, 0) is 85.5 Å². The molecule has 0 aliphatic heterocycles. The van der Waals surface area contributed by atoms with Crippen LogP contribution in [0.3, 0.4) is 0 Å². The Hall–Kier alpha value is -3.71. The molecule has 0 radical (unpaired) electrons. The van der Waals surface area contributed by atoms with Gasteiger partial charge >= 0.3 is 12.1 Å². The van der Waals surface area contributed by atoms with Gasteiger partial charge in [0.2, 0.25) is 0 Å². The van der Waals surface area contributed by atoms with Crippen LogP contribution in [-0.2, 0) is 48.7 Å². The standard InChI is InChI=1S/C31H36F3N5O2.ClH/c1-4-38(12-6-5-10-30(40)41-3)28-18-25-9-7-8-24(25)17-26(28)21-39(29-11-13-37(2)36-29)20-23-14-22(19-35)15-27(16-23)31(32,33)34;/h11,13-18H,4-10,12,20-21H2,1-3H3;1H. The quantitative estimate of drug-likeness (QED) is 0.172. The summed E-state index contributed by atoms with van der Waals surface area (Å²) in [7, 11) is 3.19. The van der Waals surface area contributed by atoms with Gasteiger partial charge < -0.3 is 14.5 Å². The molecule has 4 rings (SSSR count). The molecular formula is C31H37ClF3N5O2. The molecule has 1 aliphatic carbocycles. The molecule has 0 saturated carbocycles. The van der Waals surface area contributed by atoms with Crippen molar-refractivity contribution in [3.63, 3.8) is 0 Å². The molecule has 0 fully saturated rings. The molecule has 0 amide bonds. The largest absolute Gasteiger partial charge is 0.469 e. The van der Waals surface area contributed by atoms with Gasteiger partial charge in [-0.2, -0.15) is 23.5 Å². The first kappa shape index (κ1) is 32.8. The van der Waals surface area contributed by atoms with Crippen LogP contribution < -0.4 is 9.80 Å². The zero-order chi connectivity index (χ0) is 29.6. The van der Waals surface area contributed by atoms with E-state index in [1.807, 2.05) is 17.0 Å². The smallest absolute Gasteiger partial charge is 0.416 e. The van der Waals surface area contributed by atoms with Crippen LogP contribution in [-0.4, -0.2) is 35.9 Å². The number of alkyl halides is 3. The minimum Gasteiger partial charge on any atom is -0.469 e. The molecule has 226 valence electrons. The molecule has 1 aromatic heterocycles. The highest BCUT2D eigenvalue weighted by molar-refractivity contribution is 5.85. The third-order valence-corrected chi connectivity index (χ3v) is 7.51. The van der Waals surface area contributed by atoms with Crippen molar-refractivity contribution in [3.8, 4) is 6.07 Å².